The molecule has 2 N–H and O–H groups in total. The zero-order chi connectivity index (χ0) is 21.3. The summed E-state index contributed by atoms with van der Waals surface area (Å²) in [5.41, 5.74) is 1.88. The Labute approximate surface area is 206 Å². The highest BCUT2D eigenvalue weighted by Crippen LogP contribution is 2.23. The lowest BCUT2D eigenvalue weighted by atomic mass is 9.95. The lowest BCUT2D eigenvalue weighted by Crippen LogP contribution is -2.46. The van der Waals surface area contributed by atoms with Gasteiger partial charge in [0.15, 0.2) is 5.96 Å². The standard InChI is InChI=1S/C23H36N4O2S.HI/c1-3-30(29)21-9-7-8-20(16-21)26-23(24-2)25-17-18-10-12-19(13-11-18)22(28)27-14-5-4-6-15-27;/h10-13,20-21H,3-9,14-17H2,1-2H3,(H2,24,25,26);1H. The number of likely N-dealkylation sites (tertiary alicyclic amines) is 1. The van der Waals surface area contributed by atoms with E-state index in [0.717, 1.165) is 74.5 Å². The number of piperidine rings is 1. The average Bonchev–Trinajstić information content (AvgIpc) is 2.81. The first-order chi connectivity index (χ1) is 14.6. The minimum Gasteiger partial charge on any atom is -0.354 e. The largest absolute Gasteiger partial charge is 0.354 e. The maximum atomic E-state index is 12.6. The maximum absolute atomic E-state index is 12.6. The van der Waals surface area contributed by atoms with E-state index >= 15 is 0 Å². The second kappa shape index (κ2) is 13.4. The van der Waals surface area contributed by atoms with Crippen molar-refractivity contribution in [1.82, 2.24) is 15.5 Å². The number of carbonyl (C=O) groups is 1. The summed E-state index contributed by atoms with van der Waals surface area (Å²) in [6.07, 6.45) is 7.64. The number of benzene rings is 1. The van der Waals surface area contributed by atoms with Crippen molar-refractivity contribution in [2.24, 2.45) is 4.99 Å². The van der Waals surface area contributed by atoms with E-state index in [1.54, 1.807) is 7.05 Å². The van der Waals surface area contributed by atoms with Crippen LogP contribution in [0.4, 0.5) is 0 Å². The molecule has 1 aliphatic carbocycles. The third-order valence-corrected chi connectivity index (χ3v) is 7.89. The van der Waals surface area contributed by atoms with Crippen LogP contribution in [0.1, 0.15) is 67.8 Å². The molecule has 3 rings (SSSR count). The monoisotopic (exact) mass is 560 g/mol. The van der Waals surface area contributed by atoms with E-state index in [1.807, 2.05) is 36.1 Å². The molecule has 174 valence electrons. The van der Waals surface area contributed by atoms with Crippen LogP contribution in [0, 0.1) is 0 Å². The van der Waals surface area contributed by atoms with E-state index in [9.17, 15) is 9.00 Å². The lowest BCUT2D eigenvalue weighted by molar-refractivity contribution is 0.0724. The molecule has 2 aliphatic rings. The quantitative estimate of drug-likeness (QED) is 0.317. The van der Waals surface area contributed by atoms with Gasteiger partial charge < -0.3 is 15.5 Å². The molecule has 3 unspecified atom stereocenters. The first-order valence-corrected chi connectivity index (χ1v) is 12.7. The Morgan fingerprint density at radius 3 is 2.48 bits per heavy atom. The molecule has 1 amide bonds. The smallest absolute Gasteiger partial charge is 0.253 e. The second-order valence-corrected chi connectivity index (χ2v) is 10.3. The summed E-state index contributed by atoms with van der Waals surface area (Å²) in [6, 6.07) is 8.19. The molecule has 0 spiro atoms. The van der Waals surface area contributed by atoms with Gasteiger partial charge in [0, 0.05) is 60.1 Å². The van der Waals surface area contributed by atoms with Crippen molar-refractivity contribution < 1.29 is 9.00 Å². The number of guanidine groups is 1. The van der Waals surface area contributed by atoms with Gasteiger partial charge >= 0.3 is 0 Å². The molecule has 2 fully saturated rings. The van der Waals surface area contributed by atoms with Gasteiger partial charge in [0.25, 0.3) is 5.91 Å². The number of rotatable bonds is 6. The van der Waals surface area contributed by atoms with Crippen LogP contribution in [0.2, 0.25) is 0 Å². The zero-order valence-corrected chi connectivity index (χ0v) is 21.9. The first kappa shape index (κ1) is 26.1. The Bertz CT molecular complexity index is 750. The number of hydrogen-bond acceptors (Lipinski definition) is 3. The molecule has 1 heterocycles. The summed E-state index contributed by atoms with van der Waals surface area (Å²) in [5.74, 6) is 1.65. The van der Waals surface area contributed by atoms with Crippen LogP contribution in [0.25, 0.3) is 0 Å². The fourth-order valence-electron chi connectivity index (χ4n) is 4.37. The van der Waals surface area contributed by atoms with Gasteiger partial charge in [-0.15, -0.1) is 24.0 Å². The molecule has 1 saturated heterocycles. The Hall–Kier alpha value is -1.16. The van der Waals surface area contributed by atoms with Gasteiger partial charge in [-0.3, -0.25) is 14.0 Å². The van der Waals surface area contributed by atoms with E-state index in [1.165, 1.54) is 6.42 Å². The number of nitrogens with one attached hydrogen (secondary N) is 2. The Morgan fingerprint density at radius 2 is 1.84 bits per heavy atom. The van der Waals surface area contributed by atoms with Gasteiger partial charge in [0.05, 0.1) is 0 Å². The zero-order valence-electron chi connectivity index (χ0n) is 18.8. The van der Waals surface area contributed by atoms with Gasteiger partial charge in [-0.05, 0) is 56.2 Å². The summed E-state index contributed by atoms with van der Waals surface area (Å²) in [7, 11) is 1.05. The van der Waals surface area contributed by atoms with Crippen LogP contribution < -0.4 is 10.6 Å². The summed E-state index contributed by atoms with van der Waals surface area (Å²) < 4.78 is 12.2. The minimum absolute atomic E-state index is 0. The van der Waals surface area contributed by atoms with Gasteiger partial charge in [0.2, 0.25) is 0 Å². The number of amides is 1. The molecule has 0 aromatic heterocycles. The molecule has 8 heteroatoms. The number of carbonyl (C=O) groups excluding carboxylic acids is 1. The van der Waals surface area contributed by atoms with Crippen LogP contribution in [0.15, 0.2) is 29.3 Å². The van der Waals surface area contributed by atoms with Gasteiger partial charge in [0.1, 0.15) is 0 Å². The lowest BCUT2D eigenvalue weighted by Gasteiger charge is -2.30. The van der Waals surface area contributed by atoms with Gasteiger partial charge in [-0.1, -0.05) is 25.5 Å². The normalized spacial score (nSPS) is 22.9. The SMILES string of the molecule is CCS(=O)C1CCCC(NC(=NC)NCc2ccc(C(=O)N3CCCCC3)cc2)C1.I. The Balaban J connectivity index is 0.00000341. The molecule has 1 aromatic carbocycles. The molecule has 0 radical (unpaired) electrons. The van der Waals surface area contributed by atoms with E-state index in [4.69, 9.17) is 0 Å². The number of halogens is 1. The summed E-state index contributed by atoms with van der Waals surface area (Å²) in [4.78, 5) is 18.9. The maximum Gasteiger partial charge on any atom is 0.253 e. The van der Waals surface area contributed by atoms with Crippen molar-refractivity contribution in [3.63, 3.8) is 0 Å². The fourth-order valence-corrected chi connectivity index (χ4v) is 5.72. The summed E-state index contributed by atoms with van der Waals surface area (Å²) >= 11 is 0. The highest BCUT2D eigenvalue weighted by Gasteiger charge is 2.26. The molecule has 1 aliphatic heterocycles. The third kappa shape index (κ3) is 7.73. The van der Waals surface area contributed by atoms with E-state index < -0.39 is 10.8 Å². The minimum atomic E-state index is -0.724. The number of aliphatic imine (C=N–C) groups is 1. The van der Waals surface area contributed by atoms with E-state index in [-0.39, 0.29) is 29.9 Å². The van der Waals surface area contributed by atoms with Crippen molar-refractivity contribution in [2.45, 2.75) is 69.7 Å². The molecule has 3 atom stereocenters. The molecular weight excluding hydrogens is 523 g/mol. The first-order valence-electron chi connectivity index (χ1n) is 11.3. The van der Waals surface area contributed by atoms with Crippen LogP contribution >= 0.6 is 24.0 Å². The van der Waals surface area contributed by atoms with Crippen LogP contribution in [-0.2, 0) is 17.3 Å². The van der Waals surface area contributed by atoms with Crippen molar-refractivity contribution in [2.75, 3.05) is 25.9 Å². The van der Waals surface area contributed by atoms with Crippen LogP contribution in [0.5, 0.6) is 0 Å². The predicted molar refractivity (Wildman–Crippen MR) is 140 cm³/mol. The summed E-state index contributed by atoms with van der Waals surface area (Å²) in [5, 5.41) is 7.17. The van der Waals surface area contributed by atoms with Gasteiger partial charge in [-0.2, -0.15) is 0 Å². The summed E-state index contributed by atoms with van der Waals surface area (Å²) in [6.45, 7) is 4.39. The Kier molecular flexibility index (Phi) is 11.3. The van der Waals surface area contributed by atoms with E-state index in [0.29, 0.717) is 17.8 Å². The van der Waals surface area contributed by atoms with Gasteiger partial charge in [-0.25, -0.2) is 0 Å². The predicted octanol–water partition coefficient (Wildman–Crippen LogP) is 3.68. The molecule has 31 heavy (non-hydrogen) atoms. The second-order valence-electron chi connectivity index (χ2n) is 8.27. The molecule has 6 nitrogen and oxygen atoms in total. The third-order valence-electron chi connectivity index (χ3n) is 6.15. The van der Waals surface area contributed by atoms with E-state index in [2.05, 4.69) is 15.6 Å². The topological polar surface area (TPSA) is 73.8 Å². The van der Waals surface area contributed by atoms with Crippen molar-refractivity contribution in [1.29, 1.82) is 0 Å². The van der Waals surface area contributed by atoms with Crippen molar-refractivity contribution >= 4 is 46.6 Å². The molecule has 1 saturated carbocycles. The van der Waals surface area contributed by atoms with Crippen molar-refractivity contribution in [3.05, 3.63) is 35.4 Å². The highest BCUT2D eigenvalue weighted by molar-refractivity contribution is 14.0. The number of hydrogen-bond donors (Lipinski definition) is 2. The fraction of sp³-hybridized carbons (Fsp3) is 0.652. The Morgan fingerprint density at radius 1 is 1.13 bits per heavy atom. The number of nitrogens with zero attached hydrogens (tertiary/aromatic N) is 2. The molecular formula is C23H37IN4O2S. The van der Waals surface area contributed by atoms with Crippen LogP contribution in [0.3, 0.4) is 0 Å². The average molecular weight is 561 g/mol. The molecule has 0 bridgehead atoms. The highest BCUT2D eigenvalue weighted by atomic mass is 127. The molecule has 1 aromatic rings. The van der Waals surface area contributed by atoms with Crippen LogP contribution in [-0.4, -0.2) is 58.2 Å². The van der Waals surface area contributed by atoms with Crippen molar-refractivity contribution in [3.8, 4) is 0 Å².